The zero-order valence-electron chi connectivity index (χ0n) is 12.5. The fraction of sp³-hybridized carbons (Fsp3) is 0.111. The molecule has 2 aromatic carbocycles. The Bertz CT molecular complexity index is 947. The van der Waals surface area contributed by atoms with Gasteiger partial charge in [-0.2, -0.15) is 0 Å². The lowest BCUT2D eigenvalue weighted by molar-refractivity contribution is -0.116. The molecule has 0 radical (unpaired) electrons. The molecule has 116 valence electrons. The van der Waals surface area contributed by atoms with Gasteiger partial charge in [-0.1, -0.05) is 12.1 Å². The number of anilines is 1. The second kappa shape index (κ2) is 6.04. The lowest BCUT2D eigenvalue weighted by Crippen LogP contribution is -2.20. The van der Waals surface area contributed by atoms with Gasteiger partial charge in [0.2, 0.25) is 5.91 Å². The molecule has 0 spiro atoms. The third-order valence-corrected chi connectivity index (χ3v) is 3.56. The largest absolute Gasteiger partial charge is 0.338 e. The van der Waals surface area contributed by atoms with Crippen molar-refractivity contribution in [3.63, 3.8) is 0 Å². The smallest absolute Gasteiger partial charge is 0.244 e. The zero-order valence-corrected chi connectivity index (χ0v) is 12.5. The summed E-state index contributed by atoms with van der Waals surface area (Å²) in [5, 5.41) is 3.07. The van der Waals surface area contributed by atoms with Crippen molar-refractivity contribution in [3.8, 4) is 0 Å². The monoisotopic (exact) mass is 310 g/mol. The Morgan fingerprint density at radius 3 is 2.78 bits per heavy atom. The lowest BCUT2D eigenvalue weighted by Gasteiger charge is -2.11. The fourth-order valence-corrected chi connectivity index (χ4v) is 2.50. The molecule has 1 amide bonds. The normalized spacial score (nSPS) is 10.7. The summed E-state index contributed by atoms with van der Waals surface area (Å²) in [5.41, 5.74) is 2.02. The van der Waals surface area contributed by atoms with E-state index in [1.165, 1.54) is 24.3 Å². The van der Waals surface area contributed by atoms with E-state index in [-0.39, 0.29) is 23.3 Å². The van der Waals surface area contributed by atoms with Crippen LogP contribution in [0, 0.1) is 12.7 Å². The highest BCUT2D eigenvalue weighted by Crippen LogP contribution is 2.13. The van der Waals surface area contributed by atoms with E-state index in [9.17, 15) is 14.0 Å². The number of nitrogens with zero attached hydrogens (tertiary/aromatic N) is 1. The minimum absolute atomic E-state index is 0.0380. The minimum Gasteiger partial charge on any atom is -0.338 e. The topological polar surface area (TPSA) is 51.1 Å². The fourth-order valence-electron chi connectivity index (χ4n) is 2.50. The van der Waals surface area contributed by atoms with Crippen molar-refractivity contribution < 1.29 is 9.18 Å². The number of carbonyl (C=O) groups is 1. The number of hydrogen-bond acceptors (Lipinski definition) is 2. The van der Waals surface area contributed by atoms with Gasteiger partial charge in [-0.05, 0) is 42.8 Å². The summed E-state index contributed by atoms with van der Waals surface area (Å²) >= 11 is 0. The number of aryl methyl sites for hydroxylation is 1. The van der Waals surface area contributed by atoms with Crippen molar-refractivity contribution in [1.29, 1.82) is 0 Å². The molecule has 0 saturated carbocycles. The van der Waals surface area contributed by atoms with E-state index in [2.05, 4.69) is 5.32 Å². The van der Waals surface area contributed by atoms with Gasteiger partial charge >= 0.3 is 0 Å². The van der Waals surface area contributed by atoms with Gasteiger partial charge in [0.25, 0.3) is 0 Å². The van der Waals surface area contributed by atoms with Crippen molar-refractivity contribution in [2.24, 2.45) is 0 Å². The SMILES string of the molecule is Cc1cccc(NC(=O)Cn2ccc(=O)c3cc(F)ccc32)c1. The van der Waals surface area contributed by atoms with Gasteiger partial charge in [0, 0.05) is 23.3 Å². The maximum absolute atomic E-state index is 13.3. The van der Waals surface area contributed by atoms with Crippen LogP contribution in [-0.4, -0.2) is 10.5 Å². The average molecular weight is 310 g/mol. The third-order valence-electron chi connectivity index (χ3n) is 3.56. The van der Waals surface area contributed by atoms with Gasteiger partial charge < -0.3 is 9.88 Å². The molecular weight excluding hydrogens is 295 g/mol. The molecule has 0 aliphatic heterocycles. The summed E-state index contributed by atoms with van der Waals surface area (Å²) in [5.74, 6) is -0.693. The number of aromatic nitrogens is 1. The van der Waals surface area contributed by atoms with Crippen LogP contribution in [0.3, 0.4) is 0 Å². The number of carbonyl (C=O) groups excluding carboxylic acids is 1. The number of benzene rings is 2. The highest BCUT2D eigenvalue weighted by molar-refractivity contribution is 5.91. The van der Waals surface area contributed by atoms with E-state index in [4.69, 9.17) is 0 Å². The second-order valence-corrected chi connectivity index (χ2v) is 5.39. The van der Waals surface area contributed by atoms with Gasteiger partial charge in [0.15, 0.2) is 5.43 Å². The molecule has 0 aliphatic carbocycles. The third kappa shape index (κ3) is 3.29. The number of nitrogens with one attached hydrogen (secondary N) is 1. The van der Waals surface area contributed by atoms with Crippen molar-refractivity contribution in [2.75, 3.05) is 5.32 Å². The lowest BCUT2D eigenvalue weighted by atomic mass is 10.2. The molecule has 0 bridgehead atoms. The van der Waals surface area contributed by atoms with Gasteiger partial charge in [-0.3, -0.25) is 9.59 Å². The predicted molar refractivity (Wildman–Crippen MR) is 88.0 cm³/mol. The van der Waals surface area contributed by atoms with Crippen LogP contribution in [0.25, 0.3) is 10.9 Å². The summed E-state index contributed by atoms with van der Waals surface area (Å²) in [6.07, 6.45) is 1.54. The van der Waals surface area contributed by atoms with Crippen molar-refractivity contribution in [2.45, 2.75) is 13.5 Å². The van der Waals surface area contributed by atoms with E-state index < -0.39 is 5.82 Å². The van der Waals surface area contributed by atoms with Crippen LogP contribution in [0.4, 0.5) is 10.1 Å². The first-order valence-electron chi connectivity index (χ1n) is 7.18. The van der Waals surface area contributed by atoms with E-state index in [1.54, 1.807) is 10.8 Å². The van der Waals surface area contributed by atoms with E-state index in [1.807, 2.05) is 31.2 Å². The van der Waals surface area contributed by atoms with Crippen LogP contribution in [0.15, 0.2) is 59.5 Å². The molecule has 0 saturated heterocycles. The molecule has 3 rings (SSSR count). The Balaban J connectivity index is 1.88. The number of halogens is 1. The van der Waals surface area contributed by atoms with Crippen molar-refractivity contribution >= 4 is 22.5 Å². The van der Waals surface area contributed by atoms with Gasteiger partial charge in [0.05, 0.1) is 5.52 Å². The summed E-state index contributed by atoms with van der Waals surface area (Å²) in [4.78, 5) is 24.0. The summed E-state index contributed by atoms with van der Waals surface area (Å²) in [6.45, 7) is 1.98. The van der Waals surface area contributed by atoms with Crippen LogP contribution in [-0.2, 0) is 11.3 Å². The molecule has 0 fully saturated rings. The number of pyridine rings is 1. The number of amides is 1. The zero-order chi connectivity index (χ0) is 16.4. The van der Waals surface area contributed by atoms with Crippen molar-refractivity contribution in [1.82, 2.24) is 4.57 Å². The standard InChI is InChI=1S/C18H15FN2O2/c1-12-3-2-4-14(9-12)20-18(23)11-21-8-7-17(22)15-10-13(19)5-6-16(15)21/h2-10H,11H2,1H3,(H,20,23). The molecular formula is C18H15FN2O2. The predicted octanol–water partition coefficient (Wildman–Crippen LogP) is 3.09. The highest BCUT2D eigenvalue weighted by atomic mass is 19.1. The second-order valence-electron chi connectivity index (χ2n) is 5.39. The van der Waals surface area contributed by atoms with E-state index in [0.29, 0.717) is 11.2 Å². The Morgan fingerprint density at radius 2 is 2.00 bits per heavy atom. The van der Waals surface area contributed by atoms with Crippen LogP contribution in [0.1, 0.15) is 5.56 Å². The molecule has 4 nitrogen and oxygen atoms in total. The maximum Gasteiger partial charge on any atom is 0.244 e. The van der Waals surface area contributed by atoms with Gasteiger partial charge in [-0.25, -0.2) is 4.39 Å². The molecule has 23 heavy (non-hydrogen) atoms. The Kier molecular flexibility index (Phi) is 3.93. The molecule has 0 aliphatic rings. The molecule has 0 unspecified atom stereocenters. The minimum atomic E-state index is -0.475. The number of fused-ring (bicyclic) bond motifs is 1. The molecule has 1 aromatic heterocycles. The van der Waals surface area contributed by atoms with Crippen LogP contribution in [0.5, 0.6) is 0 Å². The molecule has 5 heteroatoms. The average Bonchev–Trinajstić information content (AvgIpc) is 2.50. The molecule has 1 heterocycles. The maximum atomic E-state index is 13.3. The highest BCUT2D eigenvalue weighted by Gasteiger charge is 2.08. The van der Waals surface area contributed by atoms with E-state index >= 15 is 0 Å². The van der Waals surface area contributed by atoms with Crippen LogP contribution >= 0.6 is 0 Å². The first-order valence-corrected chi connectivity index (χ1v) is 7.18. The Morgan fingerprint density at radius 1 is 1.17 bits per heavy atom. The summed E-state index contributed by atoms with van der Waals surface area (Å²) in [7, 11) is 0. The van der Waals surface area contributed by atoms with Gasteiger partial charge in [0.1, 0.15) is 12.4 Å². The molecule has 1 N–H and O–H groups in total. The van der Waals surface area contributed by atoms with Crippen LogP contribution in [0.2, 0.25) is 0 Å². The molecule has 3 aromatic rings. The Hall–Kier alpha value is -2.95. The quantitative estimate of drug-likeness (QED) is 0.808. The van der Waals surface area contributed by atoms with Crippen molar-refractivity contribution in [3.05, 3.63) is 76.3 Å². The van der Waals surface area contributed by atoms with Crippen LogP contribution < -0.4 is 10.7 Å². The first-order chi connectivity index (χ1) is 11.0. The number of hydrogen-bond donors (Lipinski definition) is 1. The van der Waals surface area contributed by atoms with E-state index in [0.717, 1.165) is 5.56 Å². The Labute approximate surface area is 132 Å². The number of rotatable bonds is 3. The molecule has 0 atom stereocenters. The first kappa shape index (κ1) is 15.0. The van der Waals surface area contributed by atoms with Gasteiger partial charge in [-0.15, -0.1) is 0 Å². The summed E-state index contributed by atoms with van der Waals surface area (Å²) < 4.78 is 14.9. The summed E-state index contributed by atoms with van der Waals surface area (Å²) in [6, 6.07) is 12.8.